The van der Waals surface area contributed by atoms with Crippen LogP contribution in [0.25, 0.3) is 0 Å². The van der Waals surface area contributed by atoms with Crippen LogP contribution in [0.5, 0.6) is 0 Å². The summed E-state index contributed by atoms with van der Waals surface area (Å²) in [4.78, 5) is 15.1. The van der Waals surface area contributed by atoms with Crippen LogP contribution in [-0.2, 0) is 10.0 Å². The van der Waals surface area contributed by atoms with Gasteiger partial charge in [0.05, 0.1) is 4.90 Å². The molecule has 27 heavy (non-hydrogen) atoms. The minimum atomic E-state index is -3.58. The maximum Gasteiger partial charge on any atom is 0.253 e. The number of hydrogen-bond acceptors (Lipinski definition) is 3. The van der Waals surface area contributed by atoms with Crippen LogP contribution in [-0.4, -0.2) is 49.7 Å². The van der Waals surface area contributed by atoms with Gasteiger partial charge in [-0.25, -0.2) is 8.42 Å². The van der Waals surface area contributed by atoms with Crippen molar-refractivity contribution in [2.75, 3.05) is 20.1 Å². The molecule has 0 radical (unpaired) electrons. The summed E-state index contributed by atoms with van der Waals surface area (Å²) in [6, 6.07) is 6.66. The van der Waals surface area contributed by atoms with Crippen LogP contribution in [0.3, 0.4) is 0 Å². The minimum absolute atomic E-state index is 0.0545. The molecule has 6 heteroatoms. The highest BCUT2D eigenvalue weighted by Gasteiger charge is 2.30. The Morgan fingerprint density at radius 1 is 1.11 bits per heavy atom. The van der Waals surface area contributed by atoms with E-state index in [1.54, 1.807) is 31.3 Å². The molecule has 3 rings (SSSR count). The molecule has 1 aromatic carbocycles. The molecule has 0 atom stereocenters. The van der Waals surface area contributed by atoms with Crippen LogP contribution in [0.15, 0.2) is 29.2 Å². The fraction of sp³-hybridized carbons (Fsp3) is 0.667. The van der Waals surface area contributed by atoms with Crippen LogP contribution in [0.2, 0.25) is 0 Å². The van der Waals surface area contributed by atoms with Crippen LogP contribution in [0.1, 0.15) is 68.6 Å². The molecule has 0 spiro atoms. The minimum Gasteiger partial charge on any atom is -0.338 e. The van der Waals surface area contributed by atoms with Gasteiger partial charge in [0.2, 0.25) is 10.0 Å². The van der Waals surface area contributed by atoms with Crippen LogP contribution >= 0.6 is 0 Å². The number of carbonyl (C=O) groups is 1. The highest BCUT2D eigenvalue weighted by molar-refractivity contribution is 7.89. The second-order valence-corrected chi connectivity index (χ2v) is 10.0. The molecule has 1 aromatic rings. The van der Waals surface area contributed by atoms with E-state index in [1.807, 2.05) is 4.90 Å². The van der Waals surface area contributed by atoms with Gasteiger partial charge in [0.25, 0.3) is 5.91 Å². The van der Waals surface area contributed by atoms with E-state index in [0.717, 1.165) is 38.6 Å². The molecule has 0 heterocycles. The third-order valence-electron chi connectivity index (χ3n) is 5.80. The second-order valence-electron chi connectivity index (χ2n) is 8.04. The molecule has 150 valence electrons. The second kappa shape index (κ2) is 8.74. The van der Waals surface area contributed by atoms with Gasteiger partial charge in [-0.15, -0.1) is 0 Å². The molecule has 2 fully saturated rings. The lowest BCUT2D eigenvalue weighted by Crippen LogP contribution is -2.38. The first kappa shape index (κ1) is 20.3. The summed E-state index contributed by atoms with van der Waals surface area (Å²) in [7, 11) is -1.90. The van der Waals surface area contributed by atoms with Crippen molar-refractivity contribution < 1.29 is 13.2 Å². The first-order valence-corrected chi connectivity index (χ1v) is 11.7. The van der Waals surface area contributed by atoms with E-state index in [-0.39, 0.29) is 16.8 Å². The van der Waals surface area contributed by atoms with Crippen LogP contribution in [0.4, 0.5) is 0 Å². The molecule has 0 N–H and O–H groups in total. The Morgan fingerprint density at radius 2 is 1.81 bits per heavy atom. The predicted molar refractivity (Wildman–Crippen MR) is 107 cm³/mol. The summed E-state index contributed by atoms with van der Waals surface area (Å²) in [6.45, 7) is 3.56. The van der Waals surface area contributed by atoms with Gasteiger partial charge in [-0.3, -0.25) is 4.79 Å². The average Bonchev–Trinajstić information content (AvgIpc) is 3.51. The van der Waals surface area contributed by atoms with Crippen molar-refractivity contribution in [1.29, 1.82) is 0 Å². The Labute approximate surface area is 163 Å². The van der Waals surface area contributed by atoms with Crippen molar-refractivity contribution in [2.24, 2.45) is 5.92 Å². The van der Waals surface area contributed by atoms with Gasteiger partial charge in [-0.2, -0.15) is 4.31 Å². The monoisotopic (exact) mass is 392 g/mol. The molecular formula is C21H32N2O3S. The summed E-state index contributed by atoms with van der Waals surface area (Å²) < 4.78 is 27.7. The number of nitrogens with zero attached hydrogens (tertiary/aromatic N) is 2. The van der Waals surface area contributed by atoms with Crippen molar-refractivity contribution in [3.8, 4) is 0 Å². The summed E-state index contributed by atoms with van der Waals surface area (Å²) in [6.07, 6.45) is 8.46. The maximum atomic E-state index is 13.1. The number of carbonyl (C=O) groups excluding carboxylic acids is 1. The largest absolute Gasteiger partial charge is 0.338 e. The van der Waals surface area contributed by atoms with Gasteiger partial charge in [-0.1, -0.05) is 32.3 Å². The van der Waals surface area contributed by atoms with Gasteiger partial charge < -0.3 is 4.90 Å². The number of sulfonamides is 1. The first-order valence-electron chi connectivity index (χ1n) is 10.3. The van der Waals surface area contributed by atoms with Crippen molar-refractivity contribution in [2.45, 2.75) is 69.2 Å². The van der Waals surface area contributed by atoms with Crippen LogP contribution in [0, 0.1) is 5.92 Å². The van der Waals surface area contributed by atoms with Crippen molar-refractivity contribution >= 4 is 15.9 Å². The lowest BCUT2D eigenvalue weighted by atomic mass is 9.96. The molecule has 2 saturated carbocycles. The normalized spacial score (nSPS) is 18.6. The number of amides is 1. The smallest absolute Gasteiger partial charge is 0.253 e. The lowest BCUT2D eigenvalue weighted by Gasteiger charge is -2.30. The van der Waals surface area contributed by atoms with E-state index in [0.29, 0.717) is 18.0 Å². The van der Waals surface area contributed by atoms with Gasteiger partial charge in [0.1, 0.15) is 0 Å². The molecular weight excluding hydrogens is 360 g/mol. The molecule has 2 aliphatic rings. The molecule has 2 aliphatic carbocycles. The fourth-order valence-electron chi connectivity index (χ4n) is 3.94. The average molecular weight is 393 g/mol. The Morgan fingerprint density at radius 3 is 2.44 bits per heavy atom. The Kier molecular flexibility index (Phi) is 6.58. The third-order valence-corrected chi connectivity index (χ3v) is 7.71. The quantitative estimate of drug-likeness (QED) is 0.674. The molecule has 0 saturated heterocycles. The van der Waals surface area contributed by atoms with Gasteiger partial charge in [0, 0.05) is 31.7 Å². The van der Waals surface area contributed by atoms with Crippen molar-refractivity contribution in [1.82, 2.24) is 9.21 Å². The van der Waals surface area contributed by atoms with E-state index in [4.69, 9.17) is 0 Å². The molecule has 0 aliphatic heterocycles. The molecule has 5 nitrogen and oxygen atoms in total. The predicted octanol–water partition coefficient (Wildman–Crippen LogP) is 3.90. The first-order chi connectivity index (χ1) is 12.9. The van der Waals surface area contributed by atoms with E-state index in [1.165, 1.54) is 23.6 Å². The molecule has 1 amide bonds. The van der Waals surface area contributed by atoms with E-state index in [9.17, 15) is 13.2 Å². The van der Waals surface area contributed by atoms with Crippen molar-refractivity contribution in [3.63, 3.8) is 0 Å². The zero-order valence-electron chi connectivity index (χ0n) is 16.6. The van der Waals surface area contributed by atoms with Gasteiger partial charge in [-0.05, 0) is 56.2 Å². The number of benzene rings is 1. The van der Waals surface area contributed by atoms with E-state index >= 15 is 0 Å². The van der Waals surface area contributed by atoms with E-state index in [2.05, 4.69) is 6.92 Å². The number of hydrogen-bond donors (Lipinski definition) is 0. The summed E-state index contributed by atoms with van der Waals surface area (Å²) in [5.41, 5.74) is 0.474. The Hall–Kier alpha value is -1.40. The SMILES string of the molecule is CCCN(CC1CC1)C(=O)c1cccc(S(=O)(=O)N(C)C2CCCCC2)c1. The summed E-state index contributed by atoms with van der Waals surface area (Å²) in [5, 5.41) is 0. The van der Waals surface area contributed by atoms with Gasteiger partial charge >= 0.3 is 0 Å². The summed E-state index contributed by atoms with van der Waals surface area (Å²) >= 11 is 0. The topological polar surface area (TPSA) is 57.7 Å². The highest BCUT2D eigenvalue weighted by atomic mass is 32.2. The zero-order valence-corrected chi connectivity index (χ0v) is 17.4. The molecule has 0 aromatic heterocycles. The van der Waals surface area contributed by atoms with Crippen molar-refractivity contribution in [3.05, 3.63) is 29.8 Å². The Balaban J connectivity index is 1.79. The number of rotatable bonds is 8. The lowest BCUT2D eigenvalue weighted by molar-refractivity contribution is 0.0747. The highest BCUT2D eigenvalue weighted by Crippen LogP contribution is 2.31. The fourth-order valence-corrected chi connectivity index (χ4v) is 5.40. The maximum absolute atomic E-state index is 13.1. The Bertz CT molecular complexity index is 752. The van der Waals surface area contributed by atoms with Crippen LogP contribution < -0.4 is 0 Å². The summed E-state index contributed by atoms with van der Waals surface area (Å²) in [5.74, 6) is 0.561. The standard InChI is InChI=1S/C21H32N2O3S/c1-3-14-23(16-17-12-13-17)21(24)18-8-7-11-20(15-18)27(25,26)22(2)19-9-5-4-6-10-19/h7-8,11,15,17,19H,3-6,9-10,12-14,16H2,1-2H3. The molecule has 0 bridgehead atoms. The van der Waals surface area contributed by atoms with E-state index < -0.39 is 10.0 Å². The third kappa shape index (κ3) is 4.91. The molecule has 0 unspecified atom stereocenters. The zero-order chi connectivity index (χ0) is 19.4. The van der Waals surface area contributed by atoms with Gasteiger partial charge in [0.15, 0.2) is 0 Å².